The van der Waals surface area contributed by atoms with Crippen molar-refractivity contribution in [3.63, 3.8) is 0 Å². The second-order valence-electron chi connectivity index (χ2n) is 4.33. The molecule has 0 saturated heterocycles. The monoisotopic (exact) mass is 373 g/mol. The molecule has 20 heavy (non-hydrogen) atoms. The van der Waals surface area contributed by atoms with Crippen LogP contribution in [0.2, 0.25) is 5.02 Å². The third-order valence-corrected chi connectivity index (χ3v) is 5.27. The number of hydrogen-bond donors (Lipinski definition) is 1. The summed E-state index contributed by atoms with van der Waals surface area (Å²) in [6.07, 6.45) is 0. The van der Waals surface area contributed by atoms with E-state index in [9.17, 15) is 8.42 Å². The zero-order chi connectivity index (χ0) is 14.8. The summed E-state index contributed by atoms with van der Waals surface area (Å²) in [6.45, 7) is 2.18. The number of hydrogen-bond acceptors (Lipinski definition) is 2. The predicted octanol–water partition coefficient (Wildman–Crippen LogP) is 3.89. The van der Waals surface area contributed by atoms with Crippen LogP contribution in [0.5, 0.6) is 0 Å². The van der Waals surface area contributed by atoms with Gasteiger partial charge in [-0.1, -0.05) is 51.8 Å². The summed E-state index contributed by atoms with van der Waals surface area (Å²) >= 11 is 9.23. The molecule has 0 aliphatic heterocycles. The number of halogens is 2. The molecule has 0 spiro atoms. The lowest BCUT2D eigenvalue weighted by atomic mass is 10.1. The molecule has 6 heteroatoms. The molecule has 0 radical (unpaired) electrons. The van der Waals surface area contributed by atoms with Crippen LogP contribution in [0.25, 0.3) is 0 Å². The van der Waals surface area contributed by atoms with Crippen LogP contribution >= 0.6 is 27.5 Å². The Bertz CT molecular complexity index is 732. The van der Waals surface area contributed by atoms with Crippen LogP contribution in [0.15, 0.2) is 51.8 Å². The molecule has 106 valence electrons. The van der Waals surface area contributed by atoms with Gasteiger partial charge in [-0.2, -0.15) is 0 Å². The van der Waals surface area contributed by atoms with Crippen molar-refractivity contribution in [1.29, 1.82) is 0 Å². The van der Waals surface area contributed by atoms with Gasteiger partial charge < -0.3 is 0 Å². The Morgan fingerprint density at radius 3 is 2.55 bits per heavy atom. The second kappa shape index (κ2) is 6.26. The summed E-state index contributed by atoms with van der Waals surface area (Å²) in [6, 6.07) is 12.3. The molecule has 2 aromatic carbocycles. The number of aryl methyl sites for hydroxylation is 1. The fraction of sp³-hybridized carbons (Fsp3) is 0.143. The van der Waals surface area contributed by atoms with E-state index < -0.39 is 10.0 Å². The molecule has 2 rings (SSSR count). The summed E-state index contributed by atoms with van der Waals surface area (Å²) in [5, 5.41) is 0.191. The highest BCUT2D eigenvalue weighted by Crippen LogP contribution is 2.25. The maximum absolute atomic E-state index is 12.2. The molecule has 3 nitrogen and oxygen atoms in total. The van der Waals surface area contributed by atoms with Gasteiger partial charge in [0.1, 0.15) is 4.90 Å². The Labute approximate surface area is 132 Å². The van der Waals surface area contributed by atoms with Gasteiger partial charge in [-0.15, -0.1) is 0 Å². The van der Waals surface area contributed by atoms with E-state index in [1.165, 1.54) is 6.07 Å². The normalized spacial score (nSPS) is 11.6. The largest absolute Gasteiger partial charge is 0.242 e. The highest BCUT2D eigenvalue weighted by atomic mass is 79.9. The molecule has 0 aliphatic rings. The van der Waals surface area contributed by atoms with Gasteiger partial charge in [-0.25, -0.2) is 13.1 Å². The predicted molar refractivity (Wildman–Crippen MR) is 84.4 cm³/mol. The van der Waals surface area contributed by atoms with E-state index >= 15 is 0 Å². The van der Waals surface area contributed by atoms with Crippen LogP contribution in [0, 0.1) is 6.92 Å². The molecule has 0 heterocycles. The van der Waals surface area contributed by atoms with Crippen molar-refractivity contribution >= 4 is 37.6 Å². The summed E-state index contributed by atoms with van der Waals surface area (Å²) < 4.78 is 27.8. The second-order valence-corrected chi connectivity index (χ2v) is 7.38. The minimum atomic E-state index is -3.63. The Morgan fingerprint density at radius 2 is 1.90 bits per heavy atom. The van der Waals surface area contributed by atoms with Crippen molar-refractivity contribution in [2.24, 2.45) is 0 Å². The lowest BCUT2D eigenvalue weighted by Crippen LogP contribution is -2.23. The van der Waals surface area contributed by atoms with Crippen LogP contribution in [-0.4, -0.2) is 8.42 Å². The topological polar surface area (TPSA) is 46.2 Å². The Balaban J connectivity index is 2.22. The van der Waals surface area contributed by atoms with Gasteiger partial charge in [0, 0.05) is 11.0 Å². The molecule has 1 N–H and O–H groups in total. The Hall–Kier alpha value is -0.880. The third-order valence-electron chi connectivity index (χ3n) is 2.90. The maximum Gasteiger partial charge on any atom is 0.242 e. The summed E-state index contributed by atoms with van der Waals surface area (Å²) in [7, 11) is -3.63. The first-order valence-electron chi connectivity index (χ1n) is 5.89. The molecule has 0 unspecified atom stereocenters. The molecular formula is C14H13BrClNO2S. The quantitative estimate of drug-likeness (QED) is 0.882. The van der Waals surface area contributed by atoms with E-state index in [-0.39, 0.29) is 16.5 Å². The van der Waals surface area contributed by atoms with Gasteiger partial charge in [0.15, 0.2) is 0 Å². The van der Waals surface area contributed by atoms with Crippen molar-refractivity contribution in [3.8, 4) is 0 Å². The van der Waals surface area contributed by atoms with E-state index in [0.717, 1.165) is 15.6 Å². The van der Waals surface area contributed by atoms with E-state index in [1.807, 2.05) is 31.2 Å². The van der Waals surface area contributed by atoms with Crippen LogP contribution < -0.4 is 4.72 Å². The smallest absolute Gasteiger partial charge is 0.207 e. The number of rotatable bonds is 4. The molecule has 0 atom stereocenters. The van der Waals surface area contributed by atoms with Crippen molar-refractivity contribution in [2.75, 3.05) is 0 Å². The van der Waals surface area contributed by atoms with Gasteiger partial charge >= 0.3 is 0 Å². The van der Waals surface area contributed by atoms with Crippen molar-refractivity contribution in [2.45, 2.75) is 18.4 Å². The first-order chi connectivity index (χ1) is 9.40. The molecule has 2 aromatic rings. The van der Waals surface area contributed by atoms with Gasteiger partial charge in [-0.3, -0.25) is 0 Å². The SMILES string of the molecule is Cc1ccccc1CNS(=O)(=O)c1ccc(Br)cc1Cl. The van der Waals surface area contributed by atoms with Crippen LogP contribution in [-0.2, 0) is 16.6 Å². The average molecular weight is 375 g/mol. The number of benzene rings is 2. The van der Waals surface area contributed by atoms with Gasteiger partial charge in [-0.05, 0) is 36.2 Å². The first-order valence-corrected chi connectivity index (χ1v) is 8.55. The van der Waals surface area contributed by atoms with E-state index in [2.05, 4.69) is 20.7 Å². The first kappa shape index (κ1) is 15.5. The zero-order valence-electron chi connectivity index (χ0n) is 10.7. The van der Waals surface area contributed by atoms with Gasteiger partial charge in [0.25, 0.3) is 0 Å². The fourth-order valence-corrected chi connectivity index (χ4v) is 3.79. The fourth-order valence-electron chi connectivity index (χ4n) is 1.75. The summed E-state index contributed by atoms with van der Waals surface area (Å²) in [4.78, 5) is 0.0796. The maximum atomic E-state index is 12.2. The lowest BCUT2D eigenvalue weighted by Gasteiger charge is -2.10. The molecular weight excluding hydrogens is 362 g/mol. The van der Waals surface area contributed by atoms with Crippen molar-refractivity contribution < 1.29 is 8.42 Å². The zero-order valence-corrected chi connectivity index (χ0v) is 13.9. The average Bonchev–Trinajstić information content (AvgIpc) is 2.37. The van der Waals surface area contributed by atoms with E-state index in [4.69, 9.17) is 11.6 Å². The molecule has 0 amide bonds. The minimum absolute atomic E-state index is 0.0796. The molecule has 0 saturated carbocycles. The van der Waals surface area contributed by atoms with Crippen LogP contribution in [0.4, 0.5) is 0 Å². The van der Waals surface area contributed by atoms with Crippen LogP contribution in [0.3, 0.4) is 0 Å². The Kier molecular flexibility index (Phi) is 4.86. The standard InChI is InChI=1S/C14H13BrClNO2S/c1-10-4-2-3-5-11(10)9-17-20(18,19)14-7-6-12(15)8-13(14)16/h2-8,17H,9H2,1H3. The highest BCUT2D eigenvalue weighted by Gasteiger charge is 2.17. The Morgan fingerprint density at radius 1 is 1.20 bits per heavy atom. The summed E-state index contributed by atoms with van der Waals surface area (Å²) in [5.74, 6) is 0. The van der Waals surface area contributed by atoms with Crippen molar-refractivity contribution in [3.05, 3.63) is 63.1 Å². The molecule has 0 fully saturated rings. The van der Waals surface area contributed by atoms with Gasteiger partial charge in [0.2, 0.25) is 10.0 Å². The number of nitrogens with one attached hydrogen (secondary N) is 1. The van der Waals surface area contributed by atoms with Crippen molar-refractivity contribution in [1.82, 2.24) is 4.72 Å². The molecule has 0 aromatic heterocycles. The third kappa shape index (κ3) is 3.61. The summed E-state index contributed by atoms with van der Waals surface area (Å²) in [5.41, 5.74) is 1.97. The highest BCUT2D eigenvalue weighted by molar-refractivity contribution is 9.10. The number of sulfonamides is 1. The van der Waals surface area contributed by atoms with Crippen LogP contribution in [0.1, 0.15) is 11.1 Å². The van der Waals surface area contributed by atoms with E-state index in [0.29, 0.717) is 0 Å². The molecule has 0 bridgehead atoms. The van der Waals surface area contributed by atoms with E-state index in [1.54, 1.807) is 12.1 Å². The van der Waals surface area contributed by atoms with Gasteiger partial charge in [0.05, 0.1) is 5.02 Å². The molecule has 0 aliphatic carbocycles. The minimum Gasteiger partial charge on any atom is -0.207 e. The lowest BCUT2D eigenvalue weighted by molar-refractivity contribution is 0.581.